The van der Waals surface area contributed by atoms with E-state index in [-0.39, 0.29) is 12.5 Å². The third-order valence-electron chi connectivity index (χ3n) is 3.19. The van der Waals surface area contributed by atoms with Gasteiger partial charge in [-0.1, -0.05) is 0 Å². The highest BCUT2D eigenvalue weighted by Gasteiger charge is 2.21. The van der Waals surface area contributed by atoms with E-state index in [0.717, 1.165) is 0 Å². The number of aromatic nitrogens is 1. The Morgan fingerprint density at radius 2 is 2.23 bits per heavy atom. The first-order valence-corrected chi connectivity index (χ1v) is 8.33. The van der Waals surface area contributed by atoms with Gasteiger partial charge in [0.1, 0.15) is 5.69 Å². The third kappa shape index (κ3) is 4.11. The normalized spacial score (nSPS) is 13.6. The number of carbonyl (C=O) groups excluding carboxylic acids is 1. The van der Waals surface area contributed by atoms with Gasteiger partial charge >= 0.3 is 0 Å². The van der Waals surface area contributed by atoms with Crippen LogP contribution in [-0.2, 0) is 0 Å². The molecular formula is C16H20N2O3S. The summed E-state index contributed by atoms with van der Waals surface area (Å²) in [6.45, 7) is 3.68. The van der Waals surface area contributed by atoms with E-state index in [0.29, 0.717) is 28.5 Å². The van der Waals surface area contributed by atoms with Gasteiger partial charge in [0.25, 0.3) is 5.91 Å². The van der Waals surface area contributed by atoms with E-state index < -0.39 is 5.60 Å². The molecule has 118 valence electrons. The zero-order valence-electron chi connectivity index (χ0n) is 12.9. The summed E-state index contributed by atoms with van der Waals surface area (Å²) in [4.78, 5) is 16.6. The number of hydrogen-bond acceptors (Lipinski definition) is 5. The molecule has 0 fully saturated rings. The van der Waals surface area contributed by atoms with Crippen LogP contribution in [0, 0.1) is 6.92 Å². The number of nitrogens with one attached hydrogen (secondary N) is 1. The smallest absolute Gasteiger partial charge is 0.253 e. The van der Waals surface area contributed by atoms with Gasteiger partial charge < -0.3 is 14.8 Å². The number of nitrogens with zero attached hydrogens (tertiary/aromatic N) is 1. The van der Waals surface area contributed by atoms with Gasteiger partial charge in [-0.15, -0.1) is 0 Å². The maximum absolute atomic E-state index is 12.2. The fourth-order valence-corrected chi connectivity index (χ4v) is 2.81. The molecule has 0 aromatic carbocycles. The summed E-state index contributed by atoms with van der Waals surface area (Å²) in [5.41, 5.74) is 0.879. The third-order valence-corrected chi connectivity index (χ3v) is 4.10. The molecule has 6 heteroatoms. The van der Waals surface area contributed by atoms with Crippen LogP contribution in [0.5, 0.6) is 0 Å². The molecule has 22 heavy (non-hydrogen) atoms. The van der Waals surface area contributed by atoms with Crippen molar-refractivity contribution in [3.05, 3.63) is 41.8 Å². The summed E-state index contributed by atoms with van der Waals surface area (Å²) in [5.74, 6) is 0.984. The molecule has 2 aromatic heterocycles. The minimum absolute atomic E-state index is 0.200. The number of thioether (sulfide) groups is 1. The highest BCUT2D eigenvalue weighted by Crippen LogP contribution is 2.19. The van der Waals surface area contributed by atoms with Crippen molar-refractivity contribution in [2.24, 2.45) is 0 Å². The molecule has 2 N–H and O–H groups in total. The lowest BCUT2D eigenvalue weighted by Crippen LogP contribution is -2.42. The van der Waals surface area contributed by atoms with Gasteiger partial charge in [-0.05, 0) is 44.4 Å². The Kier molecular flexibility index (Phi) is 5.26. The number of hydrogen-bond donors (Lipinski definition) is 2. The van der Waals surface area contributed by atoms with E-state index in [1.807, 2.05) is 12.3 Å². The summed E-state index contributed by atoms with van der Waals surface area (Å²) in [6, 6.07) is 7.08. The van der Waals surface area contributed by atoms with Crippen LogP contribution in [0.25, 0.3) is 11.5 Å². The molecule has 0 bridgehead atoms. The molecule has 0 spiro atoms. The standard InChI is InChI=1S/C16H20N2O3S/c1-11-12(15(19)17-9-16(2,20)10-22-3)6-7-13(18-11)14-5-4-8-21-14/h4-8,20H,9-10H2,1-3H3,(H,17,19). The second-order valence-corrected chi connectivity index (χ2v) is 6.29. The van der Waals surface area contributed by atoms with Crippen molar-refractivity contribution in [2.45, 2.75) is 19.4 Å². The zero-order valence-corrected chi connectivity index (χ0v) is 13.7. The average molecular weight is 320 g/mol. The maximum atomic E-state index is 12.2. The first-order chi connectivity index (χ1) is 10.4. The van der Waals surface area contributed by atoms with E-state index in [1.54, 1.807) is 38.3 Å². The van der Waals surface area contributed by atoms with Gasteiger partial charge in [0.15, 0.2) is 5.76 Å². The molecule has 0 aliphatic rings. The lowest BCUT2D eigenvalue weighted by Gasteiger charge is -2.22. The molecule has 1 amide bonds. The van der Waals surface area contributed by atoms with Crippen molar-refractivity contribution < 1.29 is 14.3 Å². The summed E-state index contributed by atoms with van der Waals surface area (Å²) >= 11 is 1.54. The van der Waals surface area contributed by atoms with Gasteiger partial charge in [0, 0.05) is 12.3 Å². The van der Waals surface area contributed by atoms with Gasteiger partial charge in [0.2, 0.25) is 0 Å². The summed E-state index contributed by atoms with van der Waals surface area (Å²) < 4.78 is 5.30. The molecule has 2 aromatic rings. The molecule has 0 radical (unpaired) electrons. The quantitative estimate of drug-likeness (QED) is 0.855. The number of aliphatic hydroxyl groups is 1. The molecule has 0 saturated heterocycles. The SMILES string of the molecule is CSCC(C)(O)CNC(=O)c1ccc(-c2ccco2)nc1C. The Bertz CT molecular complexity index is 639. The van der Waals surface area contributed by atoms with Crippen molar-refractivity contribution in [1.29, 1.82) is 0 Å². The molecular weight excluding hydrogens is 300 g/mol. The van der Waals surface area contributed by atoms with Crippen LogP contribution < -0.4 is 5.32 Å². The number of aryl methyl sites for hydroxylation is 1. The first kappa shape index (κ1) is 16.6. The Morgan fingerprint density at radius 3 is 2.82 bits per heavy atom. The van der Waals surface area contributed by atoms with Crippen molar-refractivity contribution >= 4 is 17.7 Å². The molecule has 0 saturated carbocycles. The molecule has 2 rings (SSSR count). The lowest BCUT2D eigenvalue weighted by molar-refractivity contribution is 0.0724. The van der Waals surface area contributed by atoms with Gasteiger partial charge in [-0.3, -0.25) is 4.79 Å². The Balaban J connectivity index is 2.07. The second kappa shape index (κ2) is 6.98. The number of amides is 1. The predicted molar refractivity (Wildman–Crippen MR) is 88.0 cm³/mol. The van der Waals surface area contributed by atoms with E-state index in [1.165, 1.54) is 11.8 Å². The molecule has 0 aliphatic carbocycles. The number of furan rings is 1. The summed E-state index contributed by atoms with van der Waals surface area (Å²) in [7, 11) is 0. The zero-order chi connectivity index (χ0) is 16.2. The first-order valence-electron chi connectivity index (χ1n) is 6.94. The topological polar surface area (TPSA) is 75.4 Å². The fourth-order valence-electron chi connectivity index (χ4n) is 2.09. The second-order valence-electron chi connectivity index (χ2n) is 5.42. The monoisotopic (exact) mass is 320 g/mol. The van der Waals surface area contributed by atoms with Crippen LogP contribution in [0.3, 0.4) is 0 Å². The average Bonchev–Trinajstić information content (AvgIpc) is 2.99. The highest BCUT2D eigenvalue weighted by molar-refractivity contribution is 7.98. The van der Waals surface area contributed by atoms with Crippen LogP contribution in [-0.4, -0.2) is 40.2 Å². The van der Waals surface area contributed by atoms with Crippen molar-refractivity contribution in [1.82, 2.24) is 10.3 Å². The number of rotatable bonds is 6. The fraction of sp³-hybridized carbons (Fsp3) is 0.375. The number of pyridine rings is 1. The van der Waals surface area contributed by atoms with Gasteiger partial charge in [-0.2, -0.15) is 11.8 Å². The largest absolute Gasteiger partial charge is 0.463 e. The molecule has 1 unspecified atom stereocenters. The van der Waals surface area contributed by atoms with E-state index in [9.17, 15) is 9.90 Å². The Hall–Kier alpha value is -1.79. The lowest BCUT2D eigenvalue weighted by atomic mass is 10.1. The van der Waals surface area contributed by atoms with Crippen LogP contribution in [0.1, 0.15) is 23.0 Å². The molecule has 1 atom stereocenters. The van der Waals surface area contributed by atoms with E-state index in [2.05, 4.69) is 10.3 Å². The van der Waals surface area contributed by atoms with E-state index >= 15 is 0 Å². The highest BCUT2D eigenvalue weighted by atomic mass is 32.2. The minimum atomic E-state index is -0.926. The summed E-state index contributed by atoms with van der Waals surface area (Å²) in [5, 5.41) is 12.8. The molecule has 5 nitrogen and oxygen atoms in total. The number of carbonyl (C=O) groups is 1. The molecule has 0 aliphatic heterocycles. The predicted octanol–water partition coefficient (Wildman–Crippen LogP) is 2.49. The van der Waals surface area contributed by atoms with E-state index in [4.69, 9.17) is 4.42 Å². The summed E-state index contributed by atoms with van der Waals surface area (Å²) in [6.07, 6.45) is 3.50. The van der Waals surface area contributed by atoms with Crippen molar-refractivity contribution in [2.75, 3.05) is 18.6 Å². The van der Waals surface area contributed by atoms with Crippen molar-refractivity contribution in [3.8, 4) is 11.5 Å². The van der Waals surface area contributed by atoms with Gasteiger partial charge in [-0.25, -0.2) is 4.98 Å². The van der Waals surface area contributed by atoms with Crippen LogP contribution in [0.15, 0.2) is 34.9 Å². The van der Waals surface area contributed by atoms with Crippen LogP contribution in [0.4, 0.5) is 0 Å². The Labute approximate surface area is 134 Å². The van der Waals surface area contributed by atoms with Crippen LogP contribution in [0.2, 0.25) is 0 Å². The molecule has 2 heterocycles. The minimum Gasteiger partial charge on any atom is -0.463 e. The van der Waals surface area contributed by atoms with Gasteiger partial charge in [0.05, 0.1) is 23.1 Å². The maximum Gasteiger partial charge on any atom is 0.253 e. The van der Waals surface area contributed by atoms with Crippen molar-refractivity contribution in [3.63, 3.8) is 0 Å². The van der Waals surface area contributed by atoms with Crippen LogP contribution >= 0.6 is 11.8 Å². The Morgan fingerprint density at radius 1 is 1.45 bits per heavy atom.